The summed E-state index contributed by atoms with van der Waals surface area (Å²) in [5.74, 6) is -0.831. The Morgan fingerprint density at radius 2 is 1.70 bits per heavy atom. The molecule has 1 saturated heterocycles. The quantitative estimate of drug-likeness (QED) is 0.441. The van der Waals surface area contributed by atoms with Crippen molar-refractivity contribution in [2.75, 3.05) is 26.2 Å². The second kappa shape index (κ2) is 9.82. The van der Waals surface area contributed by atoms with Crippen LogP contribution in [0.3, 0.4) is 0 Å². The number of ether oxygens (including phenoxy) is 1. The third kappa shape index (κ3) is 5.76. The molecule has 0 radical (unpaired) electrons. The SMILES string of the molecule is CC(=O)Oc1cccc(C(=O)N2CCCN(C(=O)/C=C/c3cccc(F)c3)CC2)c1. The van der Waals surface area contributed by atoms with Gasteiger partial charge in [-0.15, -0.1) is 0 Å². The van der Waals surface area contributed by atoms with Crippen molar-refractivity contribution in [1.29, 1.82) is 0 Å². The van der Waals surface area contributed by atoms with Crippen LogP contribution in [0.4, 0.5) is 4.39 Å². The van der Waals surface area contributed by atoms with E-state index in [1.807, 2.05) is 0 Å². The lowest BCUT2D eigenvalue weighted by molar-refractivity contribution is -0.132. The Kier molecular flexibility index (Phi) is 6.95. The Labute approximate surface area is 174 Å². The average Bonchev–Trinajstić information content (AvgIpc) is 2.97. The molecule has 0 aliphatic carbocycles. The Balaban J connectivity index is 1.61. The first-order valence-corrected chi connectivity index (χ1v) is 9.73. The molecule has 2 amide bonds. The van der Waals surface area contributed by atoms with Gasteiger partial charge in [0.05, 0.1) is 0 Å². The molecule has 30 heavy (non-hydrogen) atoms. The highest BCUT2D eigenvalue weighted by molar-refractivity contribution is 5.95. The molecule has 0 N–H and O–H groups in total. The zero-order valence-corrected chi connectivity index (χ0v) is 16.7. The van der Waals surface area contributed by atoms with Crippen LogP contribution in [0.2, 0.25) is 0 Å². The molecule has 6 nitrogen and oxygen atoms in total. The second-order valence-electron chi connectivity index (χ2n) is 6.98. The second-order valence-corrected chi connectivity index (χ2v) is 6.98. The Morgan fingerprint density at radius 3 is 2.47 bits per heavy atom. The molecule has 2 aromatic carbocycles. The van der Waals surface area contributed by atoms with Gasteiger partial charge in [0, 0.05) is 44.7 Å². The fourth-order valence-corrected chi connectivity index (χ4v) is 3.27. The standard InChI is InChI=1S/C23H23FN2O4/c1-17(27)30-21-8-3-6-19(16-21)23(29)26-12-4-11-25(13-14-26)22(28)10-9-18-5-2-7-20(24)15-18/h2-3,5-10,15-16H,4,11-14H2,1H3/b10-9+. The van der Waals surface area contributed by atoms with Gasteiger partial charge in [-0.1, -0.05) is 18.2 Å². The van der Waals surface area contributed by atoms with Gasteiger partial charge in [0.15, 0.2) is 0 Å². The molecule has 1 aliphatic heterocycles. The van der Waals surface area contributed by atoms with Crippen LogP contribution in [0, 0.1) is 5.82 Å². The molecule has 0 aromatic heterocycles. The topological polar surface area (TPSA) is 66.9 Å². The monoisotopic (exact) mass is 410 g/mol. The van der Waals surface area contributed by atoms with Gasteiger partial charge in [-0.3, -0.25) is 14.4 Å². The number of hydrogen-bond donors (Lipinski definition) is 0. The normalized spacial score (nSPS) is 14.5. The molecule has 0 spiro atoms. The lowest BCUT2D eigenvalue weighted by atomic mass is 10.2. The van der Waals surface area contributed by atoms with Crippen molar-refractivity contribution >= 4 is 23.9 Å². The van der Waals surface area contributed by atoms with Crippen LogP contribution in [0.25, 0.3) is 6.08 Å². The molecule has 2 aromatic rings. The minimum atomic E-state index is -0.449. The molecule has 3 rings (SSSR count). The molecule has 0 saturated carbocycles. The van der Waals surface area contributed by atoms with E-state index in [-0.39, 0.29) is 17.6 Å². The van der Waals surface area contributed by atoms with E-state index in [0.717, 1.165) is 0 Å². The van der Waals surface area contributed by atoms with Crippen LogP contribution in [0.15, 0.2) is 54.6 Å². The smallest absolute Gasteiger partial charge is 0.308 e. The number of nitrogens with zero attached hydrogens (tertiary/aromatic N) is 2. The van der Waals surface area contributed by atoms with Crippen molar-refractivity contribution in [2.45, 2.75) is 13.3 Å². The highest BCUT2D eigenvalue weighted by Crippen LogP contribution is 2.17. The van der Waals surface area contributed by atoms with Gasteiger partial charge < -0.3 is 14.5 Å². The van der Waals surface area contributed by atoms with Gasteiger partial charge >= 0.3 is 5.97 Å². The van der Waals surface area contributed by atoms with Crippen molar-refractivity contribution < 1.29 is 23.5 Å². The number of amides is 2. The van der Waals surface area contributed by atoms with Gasteiger partial charge in [-0.25, -0.2) is 4.39 Å². The fourth-order valence-electron chi connectivity index (χ4n) is 3.27. The molecule has 156 valence electrons. The van der Waals surface area contributed by atoms with E-state index in [0.29, 0.717) is 49.5 Å². The van der Waals surface area contributed by atoms with Crippen molar-refractivity contribution in [1.82, 2.24) is 9.80 Å². The Hall–Kier alpha value is -3.48. The van der Waals surface area contributed by atoms with Crippen molar-refractivity contribution in [3.05, 3.63) is 71.6 Å². The predicted octanol–water partition coefficient (Wildman–Crippen LogP) is 3.14. The lowest BCUT2D eigenvalue weighted by Gasteiger charge is -2.21. The molecule has 0 atom stereocenters. The van der Waals surface area contributed by atoms with Gasteiger partial charge in [0.25, 0.3) is 5.91 Å². The van der Waals surface area contributed by atoms with Gasteiger partial charge in [-0.05, 0) is 48.4 Å². The van der Waals surface area contributed by atoms with Crippen LogP contribution < -0.4 is 4.74 Å². The summed E-state index contributed by atoms with van der Waals surface area (Å²) in [6, 6.07) is 12.5. The largest absolute Gasteiger partial charge is 0.427 e. The maximum absolute atomic E-state index is 13.3. The van der Waals surface area contributed by atoms with E-state index in [1.54, 1.807) is 52.3 Å². The van der Waals surface area contributed by atoms with Gasteiger partial charge in [-0.2, -0.15) is 0 Å². The summed E-state index contributed by atoms with van der Waals surface area (Å²) in [5.41, 5.74) is 1.04. The number of carbonyl (C=O) groups is 3. The summed E-state index contributed by atoms with van der Waals surface area (Å²) in [6.07, 6.45) is 3.66. The summed E-state index contributed by atoms with van der Waals surface area (Å²) in [7, 11) is 0. The van der Waals surface area contributed by atoms with Crippen LogP contribution in [0.1, 0.15) is 29.3 Å². The van der Waals surface area contributed by atoms with E-state index < -0.39 is 5.97 Å². The minimum Gasteiger partial charge on any atom is -0.427 e. The van der Waals surface area contributed by atoms with E-state index in [2.05, 4.69) is 0 Å². The molecule has 0 bridgehead atoms. The van der Waals surface area contributed by atoms with Crippen molar-refractivity contribution in [3.8, 4) is 5.75 Å². The van der Waals surface area contributed by atoms with Crippen LogP contribution >= 0.6 is 0 Å². The molecule has 1 aliphatic rings. The molecule has 7 heteroatoms. The summed E-state index contributed by atoms with van der Waals surface area (Å²) >= 11 is 0. The number of esters is 1. The molecular weight excluding hydrogens is 387 g/mol. The zero-order valence-electron chi connectivity index (χ0n) is 16.7. The van der Waals surface area contributed by atoms with E-state index >= 15 is 0 Å². The summed E-state index contributed by atoms with van der Waals surface area (Å²) in [6.45, 7) is 3.16. The molecule has 1 fully saturated rings. The van der Waals surface area contributed by atoms with Gasteiger partial charge in [0.1, 0.15) is 11.6 Å². The Bertz CT molecular complexity index is 973. The van der Waals surface area contributed by atoms with Crippen LogP contribution in [-0.2, 0) is 9.59 Å². The summed E-state index contributed by atoms with van der Waals surface area (Å²) in [4.78, 5) is 39.8. The minimum absolute atomic E-state index is 0.173. The number of hydrogen-bond acceptors (Lipinski definition) is 4. The van der Waals surface area contributed by atoms with Crippen LogP contribution in [0.5, 0.6) is 5.75 Å². The van der Waals surface area contributed by atoms with E-state index in [1.165, 1.54) is 25.1 Å². The highest BCUT2D eigenvalue weighted by atomic mass is 19.1. The summed E-state index contributed by atoms with van der Waals surface area (Å²) in [5, 5.41) is 0. The highest BCUT2D eigenvalue weighted by Gasteiger charge is 2.22. The predicted molar refractivity (Wildman–Crippen MR) is 110 cm³/mol. The fraction of sp³-hybridized carbons (Fsp3) is 0.261. The molecule has 1 heterocycles. The third-order valence-electron chi connectivity index (χ3n) is 4.70. The zero-order chi connectivity index (χ0) is 21.5. The maximum atomic E-state index is 13.3. The van der Waals surface area contributed by atoms with Crippen LogP contribution in [-0.4, -0.2) is 53.8 Å². The maximum Gasteiger partial charge on any atom is 0.308 e. The average molecular weight is 410 g/mol. The number of rotatable bonds is 4. The lowest BCUT2D eigenvalue weighted by Crippen LogP contribution is -2.36. The number of benzene rings is 2. The van der Waals surface area contributed by atoms with E-state index in [4.69, 9.17) is 4.74 Å². The first-order valence-electron chi connectivity index (χ1n) is 9.73. The Morgan fingerprint density at radius 1 is 0.967 bits per heavy atom. The molecule has 0 unspecified atom stereocenters. The number of halogens is 1. The van der Waals surface area contributed by atoms with Crippen molar-refractivity contribution in [2.24, 2.45) is 0 Å². The summed E-state index contributed by atoms with van der Waals surface area (Å²) < 4.78 is 18.3. The third-order valence-corrected chi connectivity index (χ3v) is 4.70. The number of carbonyl (C=O) groups excluding carboxylic acids is 3. The van der Waals surface area contributed by atoms with Crippen molar-refractivity contribution in [3.63, 3.8) is 0 Å². The first kappa shape index (κ1) is 21.2. The van der Waals surface area contributed by atoms with Gasteiger partial charge in [0.2, 0.25) is 5.91 Å². The van der Waals surface area contributed by atoms with E-state index in [9.17, 15) is 18.8 Å². The first-order chi connectivity index (χ1) is 14.4. The molecular formula is C23H23FN2O4.